The van der Waals surface area contributed by atoms with Crippen molar-refractivity contribution in [2.45, 2.75) is 19.8 Å². The summed E-state index contributed by atoms with van der Waals surface area (Å²) < 4.78 is 5.46. The standard InChI is InChI=1S/C17H16N2O2/c1-12-18-17-14(8-5-9-15(17)21-12)19-16(20)11-10-13-6-3-2-4-7-13/h2-9H,10-11H2,1H3,(H,19,20). The first kappa shape index (κ1) is 13.4. The van der Waals surface area contributed by atoms with Crippen molar-refractivity contribution in [2.24, 2.45) is 0 Å². The lowest BCUT2D eigenvalue weighted by Crippen LogP contribution is -2.12. The largest absolute Gasteiger partial charge is 0.441 e. The number of hydrogen-bond acceptors (Lipinski definition) is 3. The average Bonchev–Trinajstić information content (AvgIpc) is 2.88. The molecule has 1 aromatic heterocycles. The quantitative estimate of drug-likeness (QED) is 0.792. The Labute approximate surface area is 122 Å². The van der Waals surface area contributed by atoms with Crippen LogP contribution in [0.25, 0.3) is 11.1 Å². The SMILES string of the molecule is Cc1nc2c(NC(=O)CCc3ccccc3)cccc2o1. The second-order valence-corrected chi connectivity index (χ2v) is 4.92. The Kier molecular flexibility index (Phi) is 3.69. The van der Waals surface area contributed by atoms with Crippen molar-refractivity contribution in [1.29, 1.82) is 0 Å². The summed E-state index contributed by atoms with van der Waals surface area (Å²) in [6.07, 6.45) is 1.16. The molecule has 0 aliphatic rings. The molecule has 0 aliphatic heterocycles. The lowest BCUT2D eigenvalue weighted by molar-refractivity contribution is -0.116. The highest BCUT2D eigenvalue weighted by Crippen LogP contribution is 2.23. The minimum absolute atomic E-state index is 0.0213. The van der Waals surface area contributed by atoms with Gasteiger partial charge >= 0.3 is 0 Å². The fraction of sp³-hybridized carbons (Fsp3) is 0.176. The molecule has 21 heavy (non-hydrogen) atoms. The van der Waals surface area contributed by atoms with E-state index in [4.69, 9.17) is 4.42 Å². The summed E-state index contributed by atoms with van der Waals surface area (Å²) >= 11 is 0. The zero-order chi connectivity index (χ0) is 14.7. The van der Waals surface area contributed by atoms with Crippen LogP contribution >= 0.6 is 0 Å². The van der Waals surface area contributed by atoms with Crippen LogP contribution in [0.1, 0.15) is 17.9 Å². The molecular formula is C17H16N2O2. The molecule has 106 valence electrons. The molecular weight excluding hydrogens is 264 g/mol. The van der Waals surface area contributed by atoms with E-state index in [-0.39, 0.29) is 5.91 Å². The van der Waals surface area contributed by atoms with Crippen LogP contribution in [-0.4, -0.2) is 10.9 Å². The molecule has 0 fully saturated rings. The van der Waals surface area contributed by atoms with Crippen LogP contribution in [-0.2, 0) is 11.2 Å². The van der Waals surface area contributed by atoms with Crippen molar-refractivity contribution >= 4 is 22.7 Å². The molecule has 1 N–H and O–H groups in total. The molecule has 1 heterocycles. The Morgan fingerprint density at radius 2 is 1.95 bits per heavy atom. The maximum absolute atomic E-state index is 12.1. The molecule has 0 unspecified atom stereocenters. The Bertz CT molecular complexity index is 763. The Morgan fingerprint density at radius 3 is 2.76 bits per heavy atom. The smallest absolute Gasteiger partial charge is 0.224 e. The Morgan fingerprint density at radius 1 is 1.14 bits per heavy atom. The number of aromatic nitrogens is 1. The Balaban J connectivity index is 1.69. The Hall–Kier alpha value is -2.62. The molecule has 0 saturated heterocycles. The van der Waals surface area contributed by atoms with E-state index in [2.05, 4.69) is 10.3 Å². The van der Waals surface area contributed by atoms with Crippen LogP contribution in [0.2, 0.25) is 0 Å². The van der Waals surface area contributed by atoms with Gasteiger partial charge in [0.05, 0.1) is 5.69 Å². The van der Waals surface area contributed by atoms with Crippen molar-refractivity contribution < 1.29 is 9.21 Å². The van der Waals surface area contributed by atoms with Crippen molar-refractivity contribution in [2.75, 3.05) is 5.32 Å². The highest BCUT2D eigenvalue weighted by atomic mass is 16.3. The fourth-order valence-electron chi connectivity index (χ4n) is 2.28. The minimum Gasteiger partial charge on any atom is -0.441 e. The van der Waals surface area contributed by atoms with E-state index in [1.807, 2.05) is 48.5 Å². The monoisotopic (exact) mass is 280 g/mol. The number of nitrogens with one attached hydrogen (secondary N) is 1. The molecule has 3 rings (SSSR count). The lowest BCUT2D eigenvalue weighted by Gasteiger charge is -2.05. The molecule has 1 amide bonds. The van der Waals surface area contributed by atoms with Gasteiger partial charge in [0.2, 0.25) is 5.91 Å². The van der Waals surface area contributed by atoms with Gasteiger partial charge in [-0.1, -0.05) is 36.4 Å². The molecule has 3 aromatic rings. The van der Waals surface area contributed by atoms with Gasteiger partial charge in [-0.25, -0.2) is 4.98 Å². The van der Waals surface area contributed by atoms with Crippen molar-refractivity contribution in [3.05, 3.63) is 60.0 Å². The average molecular weight is 280 g/mol. The van der Waals surface area contributed by atoms with Gasteiger partial charge in [0.1, 0.15) is 5.52 Å². The molecule has 0 bridgehead atoms. The van der Waals surface area contributed by atoms with Crippen LogP contribution < -0.4 is 5.32 Å². The predicted molar refractivity (Wildman–Crippen MR) is 82.1 cm³/mol. The van der Waals surface area contributed by atoms with Gasteiger partial charge in [-0.15, -0.1) is 0 Å². The van der Waals surface area contributed by atoms with Gasteiger partial charge < -0.3 is 9.73 Å². The van der Waals surface area contributed by atoms with E-state index in [1.165, 1.54) is 0 Å². The maximum Gasteiger partial charge on any atom is 0.224 e. The number of rotatable bonds is 4. The number of aryl methyl sites for hydroxylation is 2. The summed E-state index contributed by atoms with van der Waals surface area (Å²) in [5.41, 5.74) is 3.24. The van der Waals surface area contributed by atoms with E-state index in [1.54, 1.807) is 6.92 Å². The van der Waals surface area contributed by atoms with Crippen molar-refractivity contribution in [3.8, 4) is 0 Å². The number of anilines is 1. The number of para-hydroxylation sites is 1. The third-order valence-corrected chi connectivity index (χ3v) is 3.28. The van der Waals surface area contributed by atoms with Crippen LogP contribution in [0.15, 0.2) is 52.9 Å². The first-order valence-corrected chi connectivity index (χ1v) is 6.92. The number of carbonyl (C=O) groups excluding carboxylic acids is 1. The number of oxazole rings is 1. The summed E-state index contributed by atoms with van der Waals surface area (Å²) in [5.74, 6) is 0.572. The maximum atomic E-state index is 12.1. The summed E-state index contributed by atoms with van der Waals surface area (Å²) in [5, 5.41) is 2.91. The number of carbonyl (C=O) groups is 1. The van der Waals surface area contributed by atoms with E-state index in [0.29, 0.717) is 29.1 Å². The number of benzene rings is 2. The van der Waals surface area contributed by atoms with Gasteiger partial charge in [0.15, 0.2) is 11.5 Å². The molecule has 0 aliphatic carbocycles. The molecule has 4 heteroatoms. The summed E-state index contributed by atoms with van der Waals surface area (Å²) in [7, 11) is 0. The minimum atomic E-state index is -0.0213. The zero-order valence-corrected chi connectivity index (χ0v) is 11.8. The van der Waals surface area contributed by atoms with Crippen LogP contribution in [0, 0.1) is 6.92 Å². The third kappa shape index (κ3) is 3.11. The highest BCUT2D eigenvalue weighted by Gasteiger charge is 2.10. The van der Waals surface area contributed by atoms with Crippen LogP contribution in [0.5, 0.6) is 0 Å². The second-order valence-electron chi connectivity index (χ2n) is 4.92. The summed E-state index contributed by atoms with van der Waals surface area (Å²) in [6, 6.07) is 15.5. The highest BCUT2D eigenvalue weighted by molar-refractivity contribution is 5.98. The fourth-order valence-corrected chi connectivity index (χ4v) is 2.28. The number of fused-ring (bicyclic) bond motifs is 1. The van der Waals surface area contributed by atoms with E-state index < -0.39 is 0 Å². The van der Waals surface area contributed by atoms with Gasteiger partial charge in [-0.05, 0) is 24.1 Å². The lowest BCUT2D eigenvalue weighted by atomic mass is 10.1. The summed E-state index contributed by atoms with van der Waals surface area (Å²) in [6.45, 7) is 1.79. The van der Waals surface area contributed by atoms with Gasteiger partial charge in [-0.2, -0.15) is 0 Å². The molecule has 0 spiro atoms. The first-order valence-electron chi connectivity index (χ1n) is 6.92. The topological polar surface area (TPSA) is 55.1 Å². The number of amides is 1. The molecule has 0 atom stereocenters. The molecule has 0 radical (unpaired) electrons. The predicted octanol–water partition coefficient (Wildman–Crippen LogP) is 3.71. The number of nitrogens with zero attached hydrogens (tertiary/aromatic N) is 1. The second kappa shape index (κ2) is 5.79. The van der Waals surface area contributed by atoms with E-state index in [9.17, 15) is 4.79 Å². The molecule has 4 nitrogen and oxygen atoms in total. The van der Waals surface area contributed by atoms with E-state index >= 15 is 0 Å². The van der Waals surface area contributed by atoms with Crippen molar-refractivity contribution in [3.63, 3.8) is 0 Å². The molecule has 0 saturated carbocycles. The van der Waals surface area contributed by atoms with Gasteiger partial charge in [-0.3, -0.25) is 4.79 Å². The van der Waals surface area contributed by atoms with Crippen LogP contribution in [0.3, 0.4) is 0 Å². The van der Waals surface area contributed by atoms with Crippen LogP contribution in [0.4, 0.5) is 5.69 Å². The molecule has 2 aromatic carbocycles. The zero-order valence-electron chi connectivity index (χ0n) is 11.8. The number of hydrogen-bond donors (Lipinski definition) is 1. The van der Waals surface area contributed by atoms with Gasteiger partial charge in [0, 0.05) is 13.3 Å². The summed E-state index contributed by atoms with van der Waals surface area (Å²) in [4.78, 5) is 16.4. The van der Waals surface area contributed by atoms with Crippen molar-refractivity contribution in [1.82, 2.24) is 4.98 Å². The van der Waals surface area contributed by atoms with Gasteiger partial charge in [0.25, 0.3) is 0 Å². The first-order chi connectivity index (χ1) is 10.2. The normalized spacial score (nSPS) is 10.7. The van der Waals surface area contributed by atoms with E-state index in [0.717, 1.165) is 12.0 Å². The third-order valence-electron chi connectivity index (χ3n) is 3.28.